The van der Waals surface area contributed by atoms with Gasteiger partial charge in [0.05, 0.1) is 29.2 Å². The molecular weight excluding hydrogens is 482 g/mol. The molecule has 1 aliphatic rings. The van der Waals surface area contributed by atoms with E-state index in [-0.39, 0.29) is 42.3 Å². The van der Waals surface area contributed by atoms with Crippen LogP contribution in [0.1, 0.15) is 42.6 Å². The predicted octanol–water partition coefficient (Wildman–Crippen LogP) is 3.29. The molecule has 37 heavy (non-hydrogen) atoms. The van der Waals surface area contributed by atoms with Gasteiger partial charge in [-0.2, -0.15) is 0 Å². The third kappa shape index (κ3) is 6.18. The molecule has 1 aliphatic heterocycles. The van der Waals surface area contributed by atoms with Gasteiger partial charge >= 0.3 is 11.9 Å². The van der Waals surface area contributed by atoms with Gasteiger partial charge in [0.2, 0.25) is 0 Å². The Bertz CT molecular complexity index is 1280. The number of aliphatic imine (C=N–C) groups is 1. The van der Waals surface area contributed by atoms with Gasteiger partial charge in [-0.25, -0.2) is 4.79 Å². The van der Waals surface area contributed by atoms with Crippen LogP contribution in [0.3, 0.4) is 0 Å². The second kappa shape index (κ2) is 11.9. The molecule has 0 fully saturated rings. The van der Waals surface area contributed by atoms with Crippen molar-refractivity contribution < 1.29 is 33.9 Å². The fourth-order valence-electron chi connectivity index (χ4n) is 4.18. The number of amides is 1. The van der Waals surface area contributed by atoms with Crippen molar-refractivity contribution in [1.29, 1.82) is 0 Å². The second-order valence-corrected chi connectivity index (χ2v) is 8.22. The number of nitrogens with zero attached hydrogens (tertiary/aromatic N) is 2. The molecule has 194 valence electrons. The van der Waals surface area contributed by atoms with E-state index in [9.17, 15) is 29.6 Å². The van der Waals surface area contributed by atoms with Gasteiger partial charge < -0.3 is 19.9 Å². The molecule has 0 saturated heterocycles. The van der Waals surface area contributed by atoms with E-state index >= 15 is 0 Å². The quantitative estimate of drug-likeness (QED) is 0.226. The Kier molecular flexibility index (Phi) is 8.72. The maximum atomic E-state index is 13.2. The zero-order chi connectivity index (χ0) is 27.1. The molecule has 0 spiro atoms. The van der Waals surface area contributed by atoms with Crippen molar-refractivity contribution in [3.63, 3.8) is 0 Å². The van der Waals surface area contributed by atoms with Gasteiger partial charge in [-0.05, 0) is 38.5 Å². The molecule has 1 heterocycles. The Hall–Kier alpha value is -4.54. The summed E-state index contributed by atoms with van der Waals surface area (Å²) in [6.07, 6.45) is 0. The molecule has 0 aromatic heterocycles. The first-order valence-electron chi connectivity index (χ1n) is 11.6. The highest BCUT2D eigenvalue weighted by Crippen LogP contribution is 2.41. The van der Waals surface area contributed by atoms with E-state index in [1.54, 1.807) is 39.0 Å². The van der Waals surface area contributed by atoms with Gasteiger partial charge in [0, 0.05) is 29.5 Å². The SMILES string of the molecule is CCOC(=O)C1C(C)=NC(C)=C(C(=O)OCCNC(=O)c2ccccc2O)[C@H]1c1cccc([N+](=O)[O-])c1. The van der Waals surface area contributed by atoms with Crippen molar-refractivity contribution in [3.8, 4) is 5.75 Å². The lowest BCUT2D eigenvalue weighted by Crippen LogP contribution is -2.37. The van der Waals surface area contributed by atoms with Gasteiger partial charge in [0.25, 0.3) is 11.6 Å². The number of nitro groups is 1. The first-order chi connectivity index (χ1) is 17.6. The van der Waals surface area contributed by atoms with E-state index < -0.39 is 34.6 Å². The Balaban J connectivity index is 1.84. The molecule has 2 aromatic carbocycles. The van der Waals surface area contributed by atoms with E-state index in [2.05, 4.69) is 10.3 Å². The number of nitrogens with one attached hydrogen (secondary N) is 1. The number of para-hydroxylation sites is 1. The summed E-state index contributed by atoms with van der Waals surface area (Å²) in [5.41, 5.74) is 1.01. The fourth-order valence-corrected chi connectivity index (χ4v) is 4.18. The highest BCUT2D eigenvalue weighted by molar-refractivity contribution is 6.07. The highest BCUT2D eigenvalue weighted by atomic mass is 16.6. The molecule has 2 atom stereocenters. The van der Waals surface area contributed by atoms with Crippen molar-refractivity contribution in [2.24, 2.45) is 10.9 Å². The summed E-state index contributed by atoms with van der Waals surface area (Å²) in [6.45, 7) is 4.72. The molecule has 11 nitrogen and oxygen atoms in total. The van der Waals surface area contributed by atoms with Crippen molar-refractivity contribution in [1.82, 2.24) is 5.32 Å². The fraction of sp³-hybridized carbons (Fsp3) is 0.308. The van der Waals surface area contributed by atoms with Gasteiger partial charge in [-0.3, -0.25) is 24.7 Å². The van der Waals surface area contributed by atoms with Crippen molar-refractivity contribution >= 4 is 29.2 Å². The molecule has 0 aliphatic carbocycles. The van der Waals surface area contributed by atoms with Crippen LogP contribution in [0.2, 0.25) is 0 Å². The number of carbonyl (C=O) groups excluding carboxylic acids is 3. The van der Waals surface area contributed by atoms with Crippen LogP contribution in [0.5, 0.6) is 5.75 Å². The maximum Gasteiger partial charge on any atom is 0.336 e. The highest BCUT2D eigenvalue weighted by Gasteiger charge is 2.42. The molecule has 0 saturated carbocycles. The van der Waals surface area contributed by atoms with E-state index in [0.29, 0.717) is 17.0 Å². The zero-order valence-electron chi connectivity index (χ0n) is 20.6. The monoisotopic (exact) mass is 509 g/mol. The van der Waals surface area contributed by atoms with Crippen molar-refractivity contribution in [3.05, 3.63) is 81.0 Å². The zero-order valence-corrected chi connectivity index (χ0v) is 20.6. The predicted molar refractivity (Wildman–Crippen MR) is 133 cm³/mol. The third-order valence-electron chi connectivity index (χ3n) is 5.80. The molecule has 1 unspecified atom stereocenters. The number of rotatable bonds is 9. The normalized spacial score (nSPS) is 17.0. The van der Waals surface area contributed by atoms with Gasteiger partial charge in [-0.15, -0.1) is 0 Å². The van der Waals surface area contributed by atoms with Gasteiger partial charge in [0.1, 0.15) is 18.3 Å². The minimum absolute atomic E-state index is 0.0453. The number of phenolic OH excluding ortho intramolecular Hbond substituents is 1. The molecule has 2 N–H and O–H groups in total. The van der Waals surface area contributed by atoms with Crippen LogP contribution in [-0.2, 0) is 19.1 Å². The number of carbonyl (C=O) groups is 3. The summed E-state index contributed by atoms with van der Waals surface area (Å²) in [5.74, 6) is -4.05. The van der Waals surface area contributed by atoms with Crippen LogP contribution in [0.15, 0.2) is 64.8 Å². The number of phenols is 1. The number of non-ortho nitro benzene ring substituents is 1. The molecule has 2 aromatic rings. The minimum atomic E-state index is -0.992. The van der Waals surface area contributed by atoms with E-state index in [0.717, 1.165) is 0 Å². The van der Waals surface area contributed by atoms with Crippen molar-refractivity contribution in [2.75, 3.05) is 19.8 Å². The number of benzene rings is 2. The lowest BCUT2D eigenvalue weighted by atomic mass is 9.75. The lowest BCUT2D eigenvalue weighted by molar-refractivity contribution is -0.384. The molecule has 3 rings (SSSR count). The number of hydrogen-bond acceptors (Lipinski definition) is 9. The Morgan fingerprint density at radius 2 is 1.84 bits per heavy atom. The lowest BCUT2D eigenvalue weighted by Gasteiger charge is -2.31. The second-order valence-electron chi connectivity index (χ2n) is 8.22. The standard InChI is InChI=1S/C26H27N3O8/c1-4-36-25(32)21-15(2)28-16(3)22(23(21)17-8-7-9-18(14-17)29(34)35)26(33)37-13-12-27-24(31)19-10-5-6-11-20(19)30/h5-11,14,21,23,30H,4,12-13H2,1-3H3,(H,27,31)/t21?,23-/m0/s1. The Morgan fingerprint density at radius 3 is 2.51 bits per heavy atom. The number of hydrogen-bond donors (Lipinski definition) is 2. The van der Waals surface area contributed by atoms with E-state index in [1.165, 1.54) is 30.3 Å². The Labute approximate surface area is 213 Å². The summed E-state index contributed by atoms with van der Waals surface area (Å²) in [5, 5.41) is 23.7. The number of nitro benzene ring substituents is 1. The number of allylic oxidation sites excluding steroid dienone is 1. The van der Waals surface area contributed by atoms with Crippen LogP contribution >= 0.6 is 0 Å². The third-order valence-corrected chi connectivity index (χ3v) is 5.80. The van der Waals surface area contributed by atoms with Gasteiger partial charge in [0.15, 0.2) is 0 Å². The number of ether oxygens (including phenoxy) is 2. The van der Waals surface area contributed by atoms with E-state index in [4.69, 9.17) is 9.47 Å². The van der Waals surface area contributed by atoms with Crippen LogP contribution in [0.25, 0.3) is 0 Å². The maximum absolute atomic E-state index is 13.2. The molecule has 0 bridgehead atoms. The smallest absolute Gasteiger partial charge is 0.336 e. The van der Waals surface area contributed by atoms with E-state index in [1.807, 2.05) is 0 Å². The average molecular weight is 510 g/mol. The largest absolute Gasteiger partial charge is 0.507 e. The summed E-state index contributed by atoms with van der Waals surface area (Å²) in [6, 6.07) is 11.7. The summed E-state index contributed by atoms with van der Waals surface area (Å²) < 4.78 is 10.6. The summed E-state index contributed by atoms with van der Waals surface area (Å²) in [7, 11) is 0. The molecular formula is C26H27N3O8. The summed E-state index contributed by atoms with van der Waals surface area (Å²) >= 11 is 0. The number of esters is 2. The first kappa shape index (κ1) is 27.1. The topological polar surface area (TPSA) is 157 Å². The van der Waals surface area contributed by atoms with Gasteiger partial charge in [-0.1, -0.05) is 24.3 Å². The van der Waals surface area contributed by atoms with Crippen molar-refractivity contribution in [2.45, 2.75) is 26.7 Å². The van der Waals surface area contributed by atoms with Crippen LogP contribution in [0.4, 0.5) is 5.69 Å². The minimum Gasteiger partial charge on any atom is -0.507 e. The molecule has 1 amide bonds. The molecule has 0 radical (unpaired) electrons. The average Bonchev–Trinajstić information content (AvgIpc) is 2.86. The van der Waals surface area contributed by atoms with Crippen LogP contribution in [-0.4, -0.2) is 53.3 Å². The Morgan fingerprint density at radius 1 is 1.11 bits per heavy atom. The summed E-state index contributed by atoms with van der Waals surface area (Å²) in [4.78, 5) is 53.6. The molecule has 11 heteroatoms. The van der Waals surface area contributed by atoms with Crippen LogP contribution < -0.4 is 5.32 Å². The van der Waals surface area contributed by atoms with Crippen LogP contribution in [0, 0.1) is 16.0 Å². The number of aromatic hydroxyl groups is 1. The first-order valence-corrected chi connectivity index (χ1v) is 11.6.